The Bertz CT molecular complexity index is 621. The van der Waals surface area contributed by atoms with Gasteiger partial charge < -0.3 is 4.90 Å². The van der Waals surface area contributed by atoms with Gasteiger partial charge in [-0.25, -0.2) is 0 Å². The molecule has 1 fully saturated rings. The molecule has 1 amide bonds. The molecule has 1 aliphatic heterocycles. The largest absolute Gasteiger partial charge is 0.342 e. The van der Waals surface area contributed by atoms with Crippen molar-refractivity contribution in [1.29, 1.82) is 0 Å². The molecular formula is C19H24N2OS. The molecule has 0 radical (unpaired) electrons. The number of aryl methyl sites for hydroxylation is 2. The van der Waals surface area contributed by atoms with Gasteiger partial charge in [-0.1, -0.05) is 12.1 Å². The first-order chi connectivity index (χ1) is 11.2. The van der Waals surface area contributed by atoms with Crippen LogP contribution in [-0.4, -0.2) is 28.9 Å². The normalized spacial score (nSPS) is 18.1. The summed E-state index contributed by atoms with van der Waals surface area (Å²) in [7, 11) is 0. The number of piperidine rings is 1. The SMILES string of the molecule is Cc1ccc(C[C@H]2CCCN(C(=O)CCc3cccs3)C2)cn1. The Balaban J connectivity index is 1.51. The summed E-state index contributed by atoms with van der Waals surface area (Å²) in [5.41, 5.74) is 2.34. The standard InChI is InChI=1S/C19H24N2OS/c1-15-6-7-16(13-20-15)12-17-4-2-10-21(14-17)19(22)9-8-18-5-3-11-23-18/h3,5-7,11,13,17H,2,4,8-10,12,14H2,1H3/t17-/m1/s1. The maximum absolute atomic E-state index is 12.5. The Labute approximate surface area is 142 Å². The van der Waals surface area contributed by atoms with Gasteiger partial charge in [0.15, 0.2) is 0 Å². The number of thiophene rings is 1. The molecule has 3 nitrogen and oxygen atoms in total. The molecule has 0 aromatic carbocycles. The van der Waals surface area contributed by atoms with Crippen LogP contribution in [0.3, 0.4) is 0 Å². The Morgan fingerprint density at radius 3 is 3.04 bits per heavy atom. The molecule has 4 heteroatoms. The number of rotatable bonds is 5. The molecule has 2 aromatic rings. The topological polar surface area (TPSA) is 33.2 Å². The smallest absolute Gasteiger partial charge is 0.222 e. The summed E-state index contributed by atoms with van der Waals surface area (Å²) in [5, 5.41) is 2.08. The lowest BCUT2D eigenvalue weighted by molar-refractivity contribution is -0.132. The summed E-state index contributed by atoms with van der Waals surface area (Å²) in [5.74, 6) is 0.879. The minimum atomic E-state index is 0.310. The quantitative estimate of drug-likeness (QED) is 0.835. The van der Waals surface area contributed by atoms with E-state index in [-0.39, 0.29) is 0 Å². The summed E-state index contributed by atoms with van der Waals surface area (Å²) in [4.78, 5) is 20.2. The number of aromatic nitrogens is 1. The number of carbonyl (C=O) groups excluding carboxylic acids is 1. The fraction of sp³-hybridized carbons (Fsp3) is 0.474. The van der Waals surface area contributed by atoms with E-state index < -0.39 is 0 Å². The number of likely N-dealkylation sites (tertiary alicyclic amines) is 1. The molecule has 1 aliphatic rings. The summed E-state index contributed by atoms with van der Waals surface area (Å²) in [6, 6.07) is 8.40. The molecule has 0 spiro atoms. The molecule has 0 unspecified atom stereocenters. The number of carbonyl (C=O) groups is 1. The Morgan fingerprint density at radius 2 is 2.30 bits per heavy atom. The summed E-state index contributed by atoms with van der Waals surface area (Å²) in [6.07, 6.45) is 6.85. The highest BCUT2D eigenvalue weighted by molar-refractivity contribution is 7.09. The lowest BCUT2D eigenvalue weighted by Gasteiger charge is -2.33. The number of amides is 1. The van der Waals surface area contributed by atoms with Gasteiger partial charge in [0.05, 0.1) is 0 Å². The maximum atomic E-state index is 12.5. The molecule has 122 valence electrons. The first-order valence-corrected chi connectivity index (χ1v) is 9.30. The first-order valence-electron chi connectivity index (χ1n) is 8.42. The van der Waals surface area contributed by atoms with Crippen molar-refractivity contribution in [3.05, 3.63) is 52.0 Å². The van der Waals surface area contributed by atoms with Gasteiger partial charge >= 0.3 is 0 Å². The van der Waals surface area contributed by atoms with E-state index in [0.29, 0.717) is 18.2 Å². The lowest BCUT2D eigenvalue weighted by Crippen LogP contribution is -2.40. The molecule has 0 saturated carbocycles. The molecule has 0 bridgehead atoms. The van der Waals surface area contributed by atoms with Gasteiger partial charge in [0, 0.05) is 36.3 Å². The average molecular weight is 328 g/mol. The number of hydrogen-bond acceptors (Lipinski definition) is 3. The van der Waals surface area contributed by atoms with Gasteiger partial charge in [-0.3, -0.25) is 9.78 Å². The van der Waals surface area contributed by atoms with Crippen LogP contribution in [-0.2, 0) is 17.6 Å². The van der Waals surface area contributed by atoms with Crippen LogP contribution < -0.4 is 0 Å². The Hall–Kier alpha value is -1.68. The fourth-order valence-corrected chi connectivity index (χ4v) is 3.96. The van der Waals surface area contributed by atoms with Gasteiger partial charge in [-0.2, -0.15) is 0 Å². The predicted octanol–water partition coefficient (Wildman–Crippen LogP) is 3.87. The number of pyridine rings is 1. The third-order valence-electron chi connectivity index (χ3n) is 4.53. The van der Waals surface area contributed by atoms with Crippen LogP contribution in [0, 0.1) is 12.8 Å². The van der Waals surface area contributed by atoms with Crippen LogP contribution in [0.5, 0.6) is 0 Å². The summed E-state index contributed by atoms with van der Waals surface area (Å²) >= 11 is 1.74. The molecule has 3 rings (SSSR count). The van der Waals surface area contributed by atoms with Gasteiger partial charge in [-0.05, 0) is 61.6 Å². The molecule has 23 heavy (non-hydrogen) atoms. The zero-order valence-corrected chi connectivity index (χ0v) is 14.5. The number of hydrogen-bond donors (Lipinski definition) is 0. The Morgan fingerprint density at radius 1 is 1.39 bits per heavy atom. The van der Waals surface area contributed by atoms with Crippen LogP contribution in [0.15, 0.2) is 35.8 Å². The minimum absolute atomic E-state index is 0.310. The van der Waals surface area contributed by atoms with Crippen LogP contribution in [0.25, 0.3) is 0 Å². The van der Waals surface area contributed by atoms with Gasteiger partial charge in [0.1, 0.15) is 0 Å². The van der Waals surface area contributed by atoms with Crippen molar-refractivity contribution in [2.75, 3.05) is 13.1 Å². The molecule has 0 N–H and O–H groups in total. The molecule has 2 aromatic heterocycles. The predicted molar refractivity (Wildman–Crippen MR) is 94.6 cm³/mol. The monoisotopic (exact) mass is 328 g/mol. The average Bonchev–Trinajstić information content (AvgIpc) is 3.08. The van der Waals surface area contributed by atoms with E-state index in [0.717, 1.165) is 38.0 Å². The third-order valence-corrected chi connectivity index (χ3v) is 5.47. The van der Waals surface area contributed by atoms with Crippen molar-refractivity contribution in [2.24, 2.45) is 5.92 Å². The van der Waals surface area contributed by atoms with E-state index in [1.165, 1.54) is 16.9 Å². The molecule has 0 aliphatic carbocycles. The highest BCUT2D eigenvalue weighted by Gasteiger charge is 2.23. The van der Waals surface area contributed by atoms with E-state index in [1.54, 1.807) is 11.3 Å². The van der Waals surface area contributed by atoms with Gasteiger partial charge in [0.2, 0.25) is 5.91 Å². The number of nitrogens with zero attached hydrogens (tertiary/aromatic N) is 2. The van der Waals surface area contributed by atoms with Gasteiger partial charge in [-0.15, -0.1) is 11.3 Å². The fourth-order valence-electron chi connectivity index (χ4n) is 3.25. The second-order valence-electron chi connectivity index (χ2n) is 6.44. The third kappa shape index (κ3) is 4.64. The van der Waals surface area contributed by atoms with E-state index in [1.807, 2.05) is 13.1 Å². The van der Waals surface area contributed by atoms with Crippen molar-refractivity contribution in [3.63, 3.8) is 0 Å². The minimum Gasteiger partial charge on any atom is -0.342 e. The van der Waals surface area contributed by atoms with E-state index in [9.17, 15) is 4.79 Å². The lowest BCUT2D eigenvalue weighted by atomic mass is 9.91. The van der Waals surface area contributed by atoms with Crippen molar-refractivity contribution < 1.29 is 4.79 Å². The van der Waals surface area contributed by atoms with Crippen LogP contribution in [0.2, 0.25) is 0 Å². The van der Waals surface area contributed by atoms with Gasteiger partial charge in [0.25, 0.3) is 0 Å². The molecule has 1 atom stereocenters. The van der Waals surface area contributed by atoms with Crippen LogP contribution in [0.1, 0.15) is 35.4 Å². The van der Waals surface area contributed by atoms with Crippen LogP contribution in [0.4, 0.5) is 0 Å². The summed E-state index contributed by atoms with van der Waals surface area (Å²) in [6.45, 7) is 3.83. The van der Waals surface area contributed by atoms with Crippen molar-refractivity contribution in [3.8, 4) is 0 Å². The van der Waals surface area contributed by atoms with Crippen molar-refractivity contribution in [1.82, 2.24) is 9.88 Å². The zero-order valence-electron chi connectivity index (χ0n) is 13.7. The van der Waals surface area contributed by atoms with E-state index in [4.69, 9.17) is 0 Å². The molecular weight excluding hydrogens is 304 g/mol. The highest BCUT2D eigenvalue weighted by atomic mass is 32.1. The van der Waals surface area contributed by atoms with Crippen LogP contribution >= 0.6 is 11.3 Å². The maximum Gasteiger partial charge on any atom is 0.222 e. The van der Waals surface area contributed by atoms with Crippen molar-refractivity contribution in [2.45, 2.75) is 39.0 Å². The van der Waals surface area contributed by atoms with E-state index >= 15 is 0 Å². The molecule has 3 heterocycles. The Kier molecular flexibility index (Phi) is 5.44. The van der Waals surface area contributed by atoms with E-state index in [2.05, 4.69) is 39.5 Å². The second-order valence-corrected chi connectivity index (χ2v) is 7.47. The second kappa shape index (κ2) is 7.73. The zero-order chi connectivity index (χ0) is 16.1. The van der Waals surface area contributed by atoms with Crippen molar-refractivity contribution >= 4 is 17.2 Å². The molecule has 1 saturated heterocycles. The summed E-state index contributed by atoms with van der Waals surface area (Å²) < 4.78 is 0. The first kappa shape index (κ1) is 16.2. The highest BCUT2D eigenvalue weighted by Crippen LogP contribution is 2.22.